The Kier molecular flexibility index (Phi) is 9.35. The normalized spacial score (nSPS) is 14.7. The molecule has 44 heavy (non-hydrogen) atoms. The average molecular weight is 613 g/mol. The van der Waals surface area contributed by atoms with Crippen molar-refractivity contribution < 1.29 is 23.7 Å². The zero-order chi connectivity index (χ0) is 31.4. The summed E-state index contributed by atoms with van der Waals surface area (Å²) in [4.78, 5) is 32.5. The number of rotatable bonds is 10. The lowest BCUT2D eigenvalue weighted by molar-refractivity contribution is -0.143. The van der Waals surface area contributed by atoms with Crippen molar-refractivity contribution in [3.63, 3.8) is 0 Å². The van der Waals surface area contributed by atoms with Gasteiger partial charge in [0, 0.05) is 0 Å². The fourth-order valence-corrected chi connectivity index (χ4v) is 6.03. The van der Waals surface area contributed by atoms with E-state index in [1.807, 2.05) is 80.6 Å². The smallest absolute Gasteiger partial charge is 0.338 e. The van der Waals surface area contributed by atoms with Gasteiger partial charge < -0.3 is 18.9 Å². The van der Waals surface area contributed by atoms with Crippen molar-refractivity contribution in [3.8, 4) is 17.2 Å². The monoisotopic (exact) mass is 612 g/mol. The van der Waals surface area contributed by atoms with Crippen molar-refractivity contribution in [3.05, 3.63) is 120 Å². The summed E-state index contributed by atoms with van der Waals surface area (Å²) in [6.45, 7) is 10.3. The molecule has 0 unspecified atom stereocenters. The van der Waals surface area contributed by atoms with Crippen molar-refractivity contribution in [2.24, 2.45) is 4.99 Å². The molecule has 0 amide bonds. The van der Waals surface area contributed by atoms with Gasteiger partial charge in [-0.2, -0.15) is 0 Å². The van der Waals surface area contributed by atoms with Crippen LogP contribution >= 0.6 is 11.3 Å². The number of carbonyl (C=O) groups is 1. The molecular formula is C35H36N2O6S. The molecule has 1 aromatic heterocycles. The summed E-state index contributed by atoms with van der Waals surface area (Å²) in [5.41, 5.74) is 4.35. The fourth-order valence-electron chi connectivity index (χ4n) is 4.98. The molecule has 228 valence electrons. The third kappa shape index (κ3) is 6.63. The Morgan fingerprint density at radius 3 is 2.39 bits per heavy atom. The highest BCUT2D eigenvalue weighted by Crippen LogP contribution is 2.32. The number of aryl methyl sites for hydroxylation is 1. The predicted molar refractivity (Wildman–Crippen MR) is 171 cm³/mol. The van der Waals surface area contributed by atoms with Crippen LogP contribution in [0.3, 0.4) is 0 Å². The first-order valence-corrected chi connectivity index (χ1v) is 15.3. The van der Waals surface area contributed by atoms with Crippen LogP contribution in [0.25, 0.3) is 6.08 Å². The highest BCUT2D eigenvalue weighted by molar-refractivity contribution is 7.07. The number of benzene rings is 3. The molecule has 3 aromatic carbocycles. The van der Waals surface area contributed by atoms with Crippen LogP contribution in [-0.2, 0) is 16.1 Å². The predicted octanol–water partition coefficient (Wildman–Crippen LogP) is 5.48. The Balaban J connectivity index is 1.53. The largest absolute Gasteiger partial charge is 0.494 e. The van der Waals surface area contributed by atoms with E-state index >= 15 is 0 Å². The first kappa shape index (κ1) is 30.8. The maximum absolute atomic E-state index is 14.0. The number of ether oxygens (including phenoxy) is 4. The summed E-state index contributed by atoms with van der Waals surface area (Å²) < 4.78 is 24.9. The minimum absolute atomic E-state index is 0.256. The van der Waals surface area contributed by atoms with Crippen LogP contribution in [0.5, 0.6) is 17.2 Å². The van der Waals surface area contributed by atoms with Crippen molar-refractivity contribution >= 4 is 23.4 Å². The Labute approximate surface area is 260 Å². The number of carbonyl (C=O) groups excluding carboxylic acids is 1. The Bertz CT molecular complexity index is 1870. The number of fused-ring (bicyclic) bond motifs is 1. The third-order valence-corrected chi connectivity index (χ3v) is 8.07. The topological polar surface area (TPSA) is 88.4 Å². The minimum Gasteiger partial charge on any atom is -0.494 e. The van der Waals surface area contributed by atoms with Gasteiger partial charge in [0.25, 0.3) is 5.56 Å². The maximum Gasteiger partial charge on any atom is 0.338 e. The molecule has 0 aliphatic carbocycles. The third-order valence-electron chi connectivity index (χ3n) is 7.09. The first-order chi connectivity index (χ1) is 21.2. The SMILES string of the molecule is CCOc1ccc([C@H]2C(C(=O)OC(C)C)=C(C)N=c3s/c(=C/c4ccc(OCc5ccc(C)cc5)c(OC)c4)c(=O)n32)cc1. The maximum atomic E-state index is 14.0. The number of nitrogens with zero attached hydrogens (tertiary/aromatic N) is 2. The van der Waals surface area contributed by atoms with E-state index in [9.17, 15) is 9.59 Å². The van der Waals surface area contributed by atoms with Crippen LogP contribution in [0.4, 0.5) is 0 Å². The van der Waals surface area contributed by atoms with E-state index in [-0.39, 0.29) is 11.7 Å². The molecule has 0 fully saturated rings. The number of esters is 1. The number of thiazole rings is 1. The van der Waals surface area contributed by atoms with E-state index in [0.717, 1.165) is 16.7 Å². The molecule has 0 radical (unpaired) electrons. The number of methoxy groups -OCH3 is 1. The van der Waals surface area contributed by atoms with E-state index in [1.165, 1.54) is 16.9 Å². The highest BCUT2D eigenvalue weighted by atomic mass is 32.1. The average Bonchev–Trinajstić information content (AvgIpc) is 3.30. The zero-order valence-electron chi connectivity index (χ0n) is 25.7. The van der Waals surface area contributed by atoms with Crippen LogP contribution < -0.4 is 29.1 Å². The quantitative estimate of drug-likeness (QED) is 0.221. The lowest BCUT2D eigenvalue weighted by Gasteiger charge is -2.25. The Morgan fingerprint density at radius 1 is 1.00 bits per heavy atom. The van der Waals surface area contributed by atoms with Gasteiger partial charge in [-0.3, -0.25) is 9.36 Å². The second-order valence-corrected chi connectivity index (χ2v) is 11.7. The molecule has 2 heterocycles. The van der Waals surface area contributed by atoms with Gasteiger partial charge in [0.15, 0.2) is 16.3 Å². The second kappa shape index (κ2) is 13.3. The van der Waals surface area contributed by atoms with Crippen LogP contribution in [-0.4, -0.2) is 30.4 Å². The number of hydrogen-bond donors (Lipinski definition) is 0. The molecule has 0 saturated heterocycles. The van der Waals surface area contributed by atoms with Crippen LogP contribution in [0.15, 0.2) is 87.8 Å². The summed E-state index contributed by atoms with van der Waals surface area (Å²) in [7, 11) is 1.59. The molecule has 0 spiro atoms. The van der Waals surface area contributed by atoms with Crippen molar-refractivity contribution in [1.82, 2.24) is 4.57 Å². The van der Waals surface area contributed by atoms with Gasteiger partial charge in [0.05, 0.1) is 41.7 Å². The van der Waals surface area contributed by atoms with Crippen LogP contribution in [0, 0.1) is 6.92 Å². The Morgan fingerprint density at radius 2 is 1.73 bits per heavy atom. The molecule has 1 atom stereocenters. The van der Waals surface area contributed by atoms with Gasteiger partial charge in [-0.05, 0) is 81.7 Å². The zero-order valence-corrected chi connectivity index (χ0v) is 26.6. The summed E-state index contributed by atoms with van der Waals surface area (Å²) in [5, 5.41) is 0. The summed E-state index contributed by atoms with van der Waals surface area (Å²) in [6.07, 6.45) is 1.48. The van der Waals surface area contributed by atoms with Gasteiger partial charge in [-0.15, -0.1) is 0 Å². The van der Waals surface area contributed by atoms with Crippen molar-refractivity contribution in [2.45, 2.75) is 53.4 Å². The molecule has 1 aliphatic heterocycles. The molecule has 9 heteroatoms. The molecule has 1 aliphatic rings. The lowest BCUT2D eigenvalue weighted by atomic mass is 9.96. The summed E-state index contributed by atoms with van der Waals surface area (Å²) in [5.74, 6) is 1.36. The molecular weight excluding hydrogens is 576 g/mol. The summed E-state index contributed by atoms with van der Waals surface area (Å²) in [6, 6.07) is 20.4. The molecule has 0 saturated carbocycles. The van der Waals surface area contributed by atoms with E-state index in [4.69, 9.17) is 18.9 Å². The van der Waals surface area contributed by atoms with Gasteiger partial charge in [0.2, 0.25) is 0 Å². The highest BCUT2D eigenvalue weighted by Gasteiger charge is 2.33. The minimum atomic E-state index is -0.706. The Hall–Kier alpha value is -4.63. The number of allylic oxidation sites excluding steroid dienone is 1. The fraction of sp³-hybridized carbons (Fsp3) is 0.286. The van der Waals surface area contributed by atoms with Gasteiger partial charge in [-0.1, -0.05) is 59.4 Å². The second-order valence-electron chi connectivity index (χ2n) is 10.7. The van der Waals surface area contributed by atoms with Gasteiger partial charge in [-0.25, -0.2) is 9.79 Å². The lowest BCUT2D eigenvalue weighted by Crippen LogP contribution is -2.40. The van der Waals surface area contributed by atoms with Crippen molar-refractivity contribution in [2.75, 3.05) is 13.7 Å². The van der Waals surface area contributed by atoms with E-state index in [1.54, 1.807) is 38.5 Å². The van der Waals surface area contributed by atoms with E-state index < -0.39 is 12.0 Å². The molecule has 5 rings (SSSR count). The standard InChI is InChI=1S/C35H36N2O6S/c1-7-41-27-15-13-26(14-16-27)32-31(34(39)43-21(2)3)23(5)36-35-37(32)33(38)30(44-35)19-25-12-17-28(29(18-25)40-6)42-20-24-10-8-22(4)9-11-24/h8-19,21,32H,7,20H2,1-6H3/b30-19+/t32-/m0/s1. The van der Waals surface area contributed by atoms with Gasteiger partial charge in [0.1, 0.15) is 12.4 Å². The summed E-state index contributed by atoms with van der Waals surface area (Å²) >= 11 is 1.27. The molecule has 0 bridgehead atoms. The molecule has 8 nitrogen and oxygen atoms in total. The number of hydrogen-bond acceptors (Lipinski definition) is 8. The number of aromatic nitrogens is 1. The van der Waals surface area contributed by atoms with Crippen LogP contribution in [0.2, 0.25) is 0 Å². The first-order valence-electron chi connectivity index (χ1n) is 14.5. The van der Waals surface area contributed by atoms with Crippen molar-refractivity contribution in [1.29, 1.82) is 0 Å². The van der Waals surface area contributed by atoms with Crippen LogP contribution in [0.1, 0.15) is 56.0 Å². The van der Waals surface area contributed by atoms with Gasteiger partial charge >= 0.3 is 5.97 Å². The molecule has 0 N–H and O–H groups in total. The van der Waals surface area contributed by atoms with E-state index in [2.05, 4.69) is 4.99 Å². The molecule has 4 aromatic rings. The van der Waals surface area contributed by atoms with E-state index in [0.29, 0.717) is 51.1 Å².